The largest absolute Gasteiger partial charge is 0.207 e. The lowest BCUT2D eigenvalue weighted by atomic mass is 10.1. The van der Waals surface area contributed by atoms with Crippen LogP contribution in [0.5, 0.6) is 0 Å². The average molecular weight is 273 g/mol. The monoisotopic (exact) mass is 272 g/mol. The van der Waals surface area contributed by atoms with Crippen LogP contribution in [0.3, 0.4) is 0 Å². The van der Waals surface area contributed by atoms with E-state index in [0.29, 0.717) is 26.1 Å². The van der Waals surface area contributed by atoms with Crippen LogP contribution >= 0.6 is 35.8 Å². The van der Waals surface area contributed by atoms with Crippen molar-refractivity contribution >= 4 is 35.8 Å². The molecule has 0 aromatic heterocycles. The maximum Gasteiger partial charge on any atom is 0.123 e. The molecule has 0 saturated heterocycles. The quantitative estimate of drug-likeness (QED) is 0.687. The normalized spacial score (nSPS) is 10.5. The second kappa shape index (κ2) is 4.66. The number of thiol groups is 1. The first kappa shape index (κ1) is 11.8. The Morgan fingerprint density at radius 2 is 1.69 bits per heavy atom. The van der Waals surface area contributed by atoms with E-state index in [-0.39, 0.29) is 5.82 Å². The fourth-order valence-electron chi connectivity index (χ4n) is 1.43. The van der Waals surface area contributed by atoms with E-state index >= 15 is 0 Å². The van der Waals surface area contributed by atoms with Crippen molar-refractivity contribution in [3.8, 4) is 11.1 Å². The summed E-state index contributed by atoms with van der Waals surface area (Å²) < 4.78 is 13.2. The zero-order valence-electron chi connectivity index (χ0n) is 8.05. The van der Waals surface area contributed by atoms with Crippen molar-refractivity contribution in [1.82, 2.24) is 0 Å². The lowest BCUT2D eigenvalue weighted by Gasteiger charge is -2.08. The molecule has 2 aromatic rings. The third-order valence-electron chi connectivity index (χ3n) is 2.18. The number of rotatable bonds is 1. The molecule has 16 heavy (non-hydrogen) atoms. The van der Waals surface area contributed by atoms with Gasteiger partial charge in [0.25, 0.3) is 0 Å². The predicted octanol–water partition coefficient (Wildman–Crippen LogP) is 5.09. The van der Waals surface area contributed by atoms with Crippen LogP contribution in [0.15, 0.2) is 41.3 Å². The third kappa shape index (κ3) is 2.34. The van der Waals surface area contributed by atoms with Crippen molar-refractivity contribution in [3.05, 3.63) is 52.3 Å². The summed E-state index contributed by atoms with van der Waals surface area (Å²) in [6.45, 7) is 0. The van der Waals surface area contributed by atoms with Gasteiger partial charge in [-0.05, 0) is 42.0 Å². The minimum Gasteiger partial charge on any atom is -0.207 e. The Hall–Kier alpha value is -0.700. The van der Waals surface area contributed by atoms with E-state index in [2.05, 4.69) is 12.6 Å². The van der Waals surface area contributed by atoms with E-state index in [9.17, 15) is 4.39 Å². The molecule has 4 heteroatoms. The Morgan fingerprint density at radius 3 is 2.44 bits per heavy atom. The molecular formula is C12H7Cl2FS. The summed E-state index contributed by atoms with van der Waals surface area (Å²) in [7, 11) is 0. The van der Waals surface area contributed by atoms with Crippen molar-refractivity contribution in [1.29, 1.82) is 0 Å². The topological polar surface area (TPSA) is 0 Å². The summed E-state index contributed by atoms with van der Waals surface area (Å²) in [5, 5.41) is 1.07. The lowest BCUT2D eigenvalue weighted by Crippen LogP contribution is -1.84. The lowest BCUT2D eigenvalue weighted by molar-refractivity contribution is 0.627. The van der Waals surface area contributed by atoms with Crippen molar-refractivity contribution in [2.45, 2.75) is 4.90 Å². The van der Waals surface area contributed by atoms with Gasteiger partial charge in [-0.15, -0.1) is 12.6 Å². The molecule has 2 rings (SSSR count). The van der Waals surface area contributed by atoms with Gasteiger partial charge >= 0.3 is 0 Å². The molecule has 0 saturated carbocycles. The van der Waals surface area contributed by atoms with Gasteiger partial charge in [0.1, 0.15) is 5.82 Å². The van der Waals surface area contributed by atoms with Crippen LogP contribution in [0.25, 0.3) is 11.1 Å². The van der Waals surface area contributed by atoms with Gasteiger partial charge in [-0.2, -0.15) is 0 Å². The summed E-state index contributed by atoms with van der Waals surface area (Å²) in [6.07, 6.45) is 0. The fourth-order valence-corrected chi connectivity index (χ4v) is 2.08. The molecule has 0 aliphatic rings. The number of hydrogen-bond donors (Lipinski definition) is 1. The van der Waals surface area contributed by atoms with Crippen LogP contribution in [-0.4, -0.2) is 0 Å². The molecule has 0 atom stereocenters. The predicted molar refractivity (Wildman–Crippen MR) is 69.1 cm³/mol. The highest BCUT2D eigenvalue weighted by Crippen LogP contribution is 2.34. The minimum atomic E-state index is -0.330. The van der Waals surface area contributed by atoms with Gasteiger partial charge in [0, 0.05) is 20.5 Å². The zero-order valence-corrected chi connectivity index (χ0v) is 10.5. The molecule has 0 spiro atoms. The standard InChI is InChI=1S/C12H7Cl2FS/c13-7-1-3-11(14)9(5-7)10-6-8(15)2-4-12(10)16/h1-6,16H. The summed E-state index contributed by atoms with van der Waals surface area (Å²) in [6, 6.07) is 9.38. The van der Waals surface area contributed by atoms with Crippen LogP contribution in [-0.2, 0) is 0 Å². The third-order valence-corrected chi connectivity index (χ3v) is 3.13. The fraction of sp³-hybridized carbons (Fsp3) is 0. The van der Waals surface area contributed by atoms with E-state index in [1.165, 1.54) is 12.1 Å². The Balaban J connectivity index is 2.66. The van der Waals surface area contributed by atoms with Crippen LogP contribution < -0.4 is 0 Å². The molecule has 82 valence electrons. The van der Waals surface area contributed by atoms with Gasteiger partial charge in [0.15, 0.2) is 0 Å². The highest BCUT2D eigenvalue weighted by Gasteiger charge is 2.08. The second-order valence-electron chi connectivity index (χ2n) is 3.29. The first-order valence-electron chi connectivity index (χ1n) is 4.52. The Kier molecular flexibility index (Phi) is 3.43. The van der Waals surface area contributed by atoms with Gasteiger partial charge in [0.05, 0.1) is 0 Å². The molecule has 0 N–H and O–H groups in total. The smallest absolute Gasteiger partial charge is 0.123 e. The molecule has 0 bridgehead atoms. The van der Waals surface area contributed by atoms with Crippen LogP contribution in [0.2, 0.25) is 10.0 Å². The van der Waals surface area contributed by atoms with Gasteiger partial charge in [-0.1, -0.05) is 23.2 Å². The van der Waals surface area contributed by atoms with Crippen LogP contribution in [0, 0.1) is 5.82 Å². The van der Waals surface area contributed by atoms with E-state index in [4.69, 9.17) is 23.2 Å². The molecule has 0 radical (unpaired) electrons. The molecule has 0 heterocycles. The number of benzene rings is 2. The molecule has 0 unspecified atom stereocenters. The zero-order chi connectivity index (χ0) is 11.7. The van der Waals surface area contributed by atoms with Crippen molar-refractivity contribution < 1.29 is 4.39 Å². The molecule has 0 fully saturated rings. The number of halogens is 3. The molecule has 0 amide bonds. The highest BCUT2D eigenvalue weighted by atomic mass is 35.5. The average Bonchev–Trinajstić information content (AvgIpc) is 2.25. The summed E-state index contributed by atoms with van der Waals surface area (Å²) >= 11 is 16.2. The molecule has 0 aliphatic heterocycles. The molecular weight excluding hydrogens is 266 g/mol. The minimum absolute atomic E-state index is 0.330. The molecule has 0 aliphatic carbocycles. The first-order chi connectivity index (χ1) is 7.58. The first-order valence-corrected chi connectivity index (χ1v) is 5.72. The van der Waals surface area contributed by atoms with Crippen molar-refractivity contribution in [2.75, 3.05) is 0 Å². The second-order valence-corrected chi connectivity index (χ2v) is 4.61. The maximum atomic E-state index is 13.2. The SMILES string of the molecule is Fc1ccc(S)c(-c2cc(Cl)ccc2Cl)c1. The Labute approximate surface area is 108 Å². The van der Waals surface area contributed by atoms with Gasteiger partial charge in [0.2, 0.25) is 0 Å². The van der Waals surface area contributed by atoms with E-state index in [0.717, 1.165) is 0 Å². The summed E-state index contributed by atoms with van der Waals surface area (Å²) in [5.41, 5.74) is 1.31. The van der Waals surface area contributed by atoms with Gasteiger partial charge < -0.3 is 0 Å². The van der Waals surface area contributed by atoms with E-state index in [1.807, 2.05) is 0 Å². The van der Waals surface area contributed by atoms with Crippen molar-refractivity contribution in [3.63, 3.8) is 0 Å². The van der Waals surface area contributed by atoms with Gasteiger partial charge in [-0.25, -0.2) is 4.39 Å². The summed E-state index contributed by atoms with van der Waals surface area (Å²) in [4.78, 5) is 0.658. The van der Waals surface area contributed by atoms with Gasteiger partial charge in [-0.3, -0.25) is 0 Å². The van der Waals surface area contributed by atoms with Crippen LogP contribution in [0.1, 0.15) is 0 Å². The highest BCUT2D eigenvalue weighted by molar-refractivity contribution is 7.80. The Morgan fingerprint density at radius 1 is 0.938 bits per heavy atom. The summed E-state index contributed by atoms with van der Waals surface area (Å²) in [5.74, 6) is -0.330. The van der Waals surface area contributed by atoms with E-state index < -0.39 is 0 Å². The van der Waals surface area contributed by atoms with Crippen LogP contribution in [0.4, 0.5) is 4.39 Å². The number of hydrogen-bond acceptors (Lipinski definition) is 1. The maximum absolute atomic E-state index is 13.2. The Bertz CT molecular complexity index is 491. The van der Waals surface area contributed by atoms with Crippen molar-refractivity contribution in [2.24, 2.45) is 0 Å². The molecule has 2 aromatic carbocycles. The van der Waals surface area contributed by atoms with E-state index in [1.54, 1.807) is 24.3 Å². The molecule has 0 nitrogen and oxygen atoms in total.